The van der Waals surface area contributed by atoms with Gasteiger partial charge in [-0.1, -0.05) is 30.3 Å². The number of rotatable bonds is 13. The van der Waals surface area contributed by atoms with E-state index in [0.717, 1.165) is 10.5 Å². The van der Waals surface area contributed by atoms with Crippen LogP contribution in [0.1, 0.15) is 37.7 Å². The maximum absolute atomic E-state index is 13.2. The number of carbonyl (C=O) groups excluding carboxylic acids is 4. The number of likely N-dealkylation sites (tertiary alicyclic amines) is 1. The summed E-state index contributed by atoms with van der Waals surface area (Å²) in [5, 5.41) is 23.3. The summed E-state index contributed by atoms with van der Waals surface area (Å²) in [6.07, 6.45) is -0.444. The number of aliphatic carboxylic acids is 2. The molecular weight excluding hydrogens is 474 g/mol. The van der Waals surface area contributed by atoms with Gasteiger partial charge in [-0.2, -0.15) is 0 Å². The van der Waals surface area contributed by atoms with Crippen LogP contribution in [0.25, 0.3) is 0 Å². The van der Waals surface area contributed by atoms with Crippen molar-refractivity contribution in [3.63, 3.8) is 0 Å². The van der Waals surface area contributed by atoms with Crippen LogP contribution in [0.3, 0.4) is 0 Å². The van der Waals surface area contributed by atoms with Crippen LogP contribution in [0.4, 0.5) is 0 Å². The molecule has 36 heavy (non-hydrogen) atoms. The number of carboxylic acid groups (broad SMARTS) is 2. The number of benzene rings is 1. The molecule has 1 fully saturated rings. The Kier molecular flexibility index (Phi) is 10.3. The molecular formula is C23H31N5O8. The molecule has 196 valence electrons. The number of nitrogens with one attached hydrogen (secondary N) is 2. The van der Waals surface area contributed by atoms with Crippen LogP contribution in [-0.2, 0) is 35.2 Å². The van der Waals surface area contributed by atoms with Crippen molar-refractivity contribution < 1.29 is 39.0 Å². The lowest BCUT2D eigenvalue weighted by molar-refractivity contribution is -0.147. The van der Waals surface area contributed by atoms with Gasteiger partial charge in [-0.25, -0.2) is 4.79 Å². The van der Waals surface area contributed by atoms with E-state index >= 15 is 0 Å². The SMILES string of the molecule is NC(=O)CCC(NC(=O)C1CCCN1C(=O)C(CC(=O)O)NC(=O)C(N)Cc1ccccc1)C(=O)O. The first-order valence-corrected chi connectivity index (χ1v) is 11.4. The molecule has 1 saturated heterocycles. The number of primary amides is 1. The van der Waals surface area contributed by atoms with Gasteiger partial charge in [0.05, 0.1) is 12.5 Å². The minimum absolute atomic E-state index is 0.109. The van der Waals surface area contributed by atoms with Crippen LogP contribution in [-0.4, -0.2) is 81.4 Å². The van der Waals surface area contributed by atoms with E-state index in [-0.39, 0.29) is 32.2 Å². The van der Waals surface area contributed by atoms with Crippen molar-refractivity contribution in [3.8, 4) is 0 Å². The largest absolute Gasteiger partial charge is 0.481 e. The highest BCUT2D eigenvalue weighted by molar-refractivity contribution is 5.96. The van der Waals surface area contributed by atoms with Crippen LogP contribution in [0, 0.1) is 0 Å². The molecule has 0 radical (unpaired) electrons. The molecule has 0 saturated carbocycles. The standard InChI is InChI=1S/C23H31N5O8/c24-14(11-13-5-2-1-3-6-13)20(32)27-16(12-19(30)31)22(34)28-10-4-7-17(28)21(33)26-15(23(35)36)8-9-18(25)29/h1-3,5-6,14-17H,4,7-12,24H2,(H2,25,29)(H,26,33)(H,27,32)(H,30,31)(H,35,36). The molecule has 8 N–H and O–H groups in total. The molecule has 2 rings (SSSR count). The van der Waals surface area contributed by atoms with Gasteiger partial charge in [-0.05, 0) is 31.2 Å². The van der Waals surface area contributed by atoms with Gasteiger partial charge in [0.2, 0.25) is 23.6 Å². The summed E-state index contributed by atoms with van der Waals surface area (Å²) in [5.41, 5.74) is 11.8. The third kappa shape index (κ3) is 8.34. The highest BCUT2D eigenvalue weighted by Crippen LogP contribution is 2.20. The zero-order chi connectivity index (χ0) is 26.8. The van der Waals surface area contributed by atoms with E-state index in [1.165, 1.54) is 0 Å². The number of carbonyl (C=O) groups is 6. The van der Waals surface area contributed by atoms with Gasteiger partial charge in [0.25, 0.3) is 0 Å². The second kappa shape index (κ2) is 13.2. The lowest BCUT2D eigenvalue weighted by Gasteiger charge is -2.29. The van der Waals surface area contributed by atoms with Gasteiger partial charge in [-0.15, -0.1) is 0 Å². The molecule has 13 heteroatoms. The number of nitrogens with two attached hydrogens (primary N) is 2. The van der Waals surface area contributed by atoms with E-state index < -0.39 is 66.2 Å². The predicted octanol–water partition coefficient (Wildman–Crippen LogP) is -1.66. The summed E-state index contributed by atoms with van der Waals surface area (Å²) in [6, 6.07) is 3.91. The molecule has 1 aromatic rings. The predicted molar refractivity (Wildman–Crippen MR) is 125 cm³/mol. The summed E-state index contributed by atoms with van der Waals surface area (Å²) in [7, 11) is 0. The average Bonchev–Trinajstić information content (AvgIpc) is 3.30. The Labute approximate surface area is 207 Å². The van der Waals surface area contributed by atoms with E-state index in [1.54, 1.807) is 30.3 Å². The first kappa shape index (κ1) is 28.2. The highest BCUT2D eigenvalue weighted by Gasteiger charge is 2.39. The molecule has 0 aromatic heterocycles. The fourth-order valence-electron chi connectivity index (χ4n) is 3.93. The topological polar surface area (TPSA) is 222 Å². The lowest BCUT2D eigenvalue weighted by Crippen LogP contribution is -2.57. The third-order valence-electron chi connectivity index (χ3n) is 5.76. The second-order valence-electron chi connectivity index (χ2n) is 8.55. The zero-order valence-corrected chi connectivity index (χ0v) is 19.6. The number of hydrogen-bond donors (Lipinski definition) is 6. The van der Waals surface area contributed by atoms with E-state index in [1.807, 2.05) is 0 Å². The van der Waals surface area contributed by atoms with Crippen molar-refractivity contribution in [2.24, 2.45) is 11.5 Å². The van der Waals surface area contributed by atoms with Crippen molar-refractivity contribution in [2.45, 2.75) is 62.7 Å². The maximum Gasteiger partial charge on any atom is 0.326 e. The first-order valence-electron chi connectivity index (χ1n) is 11.4. The van der Waals surface area contributed by atoms with E-state index in [0.29, 0.717) is 6.42 Å². The Morgan fingerprint density at radius 3 is 2.28 bits per heavy atom. The van der Waals surface area contributed by atoms with Crippen LogP contribution in [0.5, 0.6) is 0 Å². The highest BCUT2D eigenvalue weighted by atomic mass is 16.4. The Bertz CT molecular complexity index is 986. The molecule has 0 aliphatic carbocycles. The Balaban J connectivity index is 2.10. The van der Waals surface area contributed by atoms with Crippen LogP contribution >= 0.6 is 0 Å². The van der Waals surface area contributed by atoms with Crippen LogP contribution < -0.4 is 22.1 Å². The fourth-order valence-corrected chi connectivity index (χ4v) is 3.93. The number of carboxylic acids is 2. The minimum atomic E-state index is -1.48. The quantitative estimate of drug-likeness (QED) is 0.180. The summed E-state index contributed by atoms with van der Waals surface area (Å²) >= 11 is 0. The third-order valence-corrected chi connectivity index (χ3v) is 5.76. The normalized spacial score (nSPS) is 17.5. The maximum atomic E-state index is 13.2. The van der Waals surface area contributed by atoms with Gasteiger partial charge >= 0.3 is 11.9 Å². The van der Waals surface area contributed by atoms with Crippen molar-refractivity contribution in [1.82, 2.24) is 15.5 Å². The molecule has 1 aromatic carbocycles. The monoisotopic (exact) mass is 505 g/mol. The smallest absolute Gasteiger partial charge is 0.326 e. The van der Waals surface area contributed by atoms with Crippen molar-refractivity contribution >= 4 is 35.6 Å². The summed E-state index contributed by atoms with van der Waals surface area (Å²) in [5.74, 6) is -5.73. The van der Waals surface area contributed by atoms with Gasteiger partial charge in [0.1, 0.15) is 18.1 Å². The molecule has 13 nitrogen and oxygen atoms in total. The van der Waals surface area contributed by atoms with Gasteiger partial charge in [-0.3, -0.25) is 24.0 Å². The Morgan fingerprint density at radius 2 is 1.69 bits per heavy atom. The molecule has 4 atom stereocenters. The van der Waals surface area contributed by atoms with Crippen LogP contribution in [0.15, 0.2) is 30.3 Å². The first-order chi connectivity index (χ1) is 17.0. The van der Waals surface area contributed by atoms with Crippen molar-refractivity contribution in [1.29, 1.82) is 0 Å². The molecule has 4 unspecified atom stereocenters. The molecule has 0 bridgehead atoms. The molecule has 0 spiro atoms. The number of nitrogens with zero attached hydrogens (tertiary/aromatic N) is 1. The van der Waals surface area contributed by atoms with Gasteiger partial charge < -0.3 is 37.2 Å². The fraction of sp³-hybridized carbons (Fsp3) is 0.478. The van der Waals surface area contributed by atoms with Gasteiger partial charge in [0, 0.05) is 13.0 Å². The van der Waals surface area contributed by atoms with E-state index in [4.69, 9.17) is 11.5 Å². The summed E-state index contributed by atoms with van der Waals surface area (Å²) in [4.78, 5) is 73.6. The number of amides is 4. The zero-order valence-electron chi connectivity index (χ0n) is 19.6. The molecule has 1 aliphatic heterocycles. The number of hydrogen-bond acceptors (Lipinski definition) is 7. The second-order valence-corrected chi connectivity index (χ2v) is 8.55. The lowest BCUT2D eigenvalue weighted by atomic mass is 10.0. The van der Waals surface area contributed by atoms with Crippen molar-refractivity contribution in [2.75, 3.05) is 6.54 Å². The Hall–Kier alpha value is -4.00. The van der Waals surface area contributed by atoms with Gasteiger partial charge in [0.15, 0.2) is 0 Å². The molecule has 1 heterocycles. The van der Waals surface area contributed by atoms with Crippen molar-refractivity contribution in [3.05, 3.63) is 35.9 Å². The minimum Gasteiger partial charge on any atom is -0.481 e. The summed E-state index contributed by atoms with van der Waals surface area (Å²) in [6.45, 7) is 0.109. The summed E-state index contributed by atoms with van der Waals surface area (Å²) < 4.78 is 0. The molecule has 1 aliphatic rings. The van der Waals surface area contributed by atoms with Crippen LogP contribution in [0.2, 0.25) is 0 Å². The van der Waals surface area contributed by atoms with E-state index in [2.05, 4.69) is 10.6 Å². The van der Waals surface area contributed by atoms with E-state index in [9.17, 15) is 39.0 Å². The Morgan fingerprint density at radius 1 is 1.03 bits per heavy atom. The average molecular weight is 506 g/mol. The molecule has 4 amide bonds.